The number of hydrogen-bond acceptors (Lipinski definition) is 2. The largest absolute Gasteiger partial charge is 0.381 e. The van der Waals surface area contributed by atoms with Crippen LogP contribution in [0.25, 0.3) is 0 Å². The molecule has 1 N–H and O–H groups in total. The Hall–Kier alpha value is -0.340. The molecule has 1 aromatic carbocycles. The van der Waals surface area contributed by atoms with Gasteiger partial charge in [0.15, 0.2) is 0 Å². The number of benzene rings is 1. The summed E-state index contributed by atoms with van der Waals surface area (Å²) in [6, 6.07) is 6.65. The molecule has 0 unspecified atom stereocenters. The van der Waals surface area contributed by atoms with Crippen LogP contribution in [-0.2, 0) is 0 Å². The van der Waals surface area contributed by atoms with Gasteiger partial charge >= 0.3 is 0 Å². The molecule has 1 heterocycles. The van der Waals surface area contributed by atoms with Gasteiger partial charge in [-0.05, 0) is 43.2 Å². The maximum absolute atomic E-state index is 5.99. The van der Waals surface area contributed by atoms with Crippen molar-refractivity contribution in [1.82, 2.24) is 0 Å². The summed E-state index contributed by atoms with van der Waals surface area (Å²) in [5.41, 5.74) is 2.46. The van der Waals surface area contributed by atoms with Crippen molar-refractivity contribution in [3.8, 4) is 0 Å². The number of rotatable bonds is 2. The molecule has 3 heteroatoms. The van der Waals surface area contributed by atoms with Gasteiger partial charge in [-0.1, -0.05) is 17.7 Å². The highest BCUT2D eigenvalue weighted by Crippen LogP contribution is 2.25. The molecule has 1 aliphatic heterocycles. The summed E-state index contributed by atoms with van der Waals surface area (Å²) in [5.74, 6) is 2.53. The first-order valence-corrected chi connectivity index (χ1v) is 6.89. The molecule has 0 spiro atoms. The molecule has 1 aromatic rings. The molecule has 82 valence electrons. The first-order chi connectivity index (χ1) is 7.25. The van der Waals surface area contributed by atoms with Gasteiger partial charge < -0.3 is 5.32 Å². The minimum Gasteiger partial charge on any atom is -0.381 e. The Labute approximate surface area is 101 Å². The van der Waals surface area contributed by atoms with Crippen molar-refractivity contribution in [2.75, 3.05) is 16.8 Å². The highest BCUT2D eigenvalue weighted by molar-refractivity contribution is 7.99. The second-order valence-corrected chi connectivity index (χ2v) is 5.60. The van der Waals surface area contributed by atoms with Crippen molar-refractivity contribution >= 4 is 29.1 Å². The predicted octanol–water partition coefficient (Wildman–Crippen LogP) is 3.96. The second-order valence-electron chi connectivity index (χ2n) is 4.02. The first kappa shape index (κ1) is 11.2. The van der Waals surface area contributed by atoms with E-state index in [0.29, 0.717) is 6.04 Å². The minimum atomic E-state index is 0.612. The summed E-state index contributed by atoms with van der Waals surface area (Å²) in [6.07, 6.45) is 2.60. The number of halogens is 1. The van der Waals surface area contributed by atoms with Crippen LogP contribution in [0.1, 0.15) is 18.4 Å². The second kappa shape index (κ2) is 5.13. The molecular weight excluding hydrogens is 226 g/mol. The fraction of sp³-hybridized carbons (Fsp3) is 0.500. The Balaban J connectivity index is 2.05. The zero-order chi connectivity index (χ0) is 10.7. The van der Waals surface area contributed by atoms with Gasteiger partial charge in [0.05, 0.1) is 0 Å². The third-order valence-corrected chi connectivity index (χ3v) is 4.17. The standard InChI is InChI=1S/C12H16ClNS/c1-9-4-5-10(13)7-12(9)14-11-3-2-6-15-8-11/h4-5,7,11,14H,2-3,6,8H2,1H3/t11-/m0/s1. The van der Waals surface area contributed by atoms with Gasteiger partial charge in [-0.3, -0.25) is 0 Å². The molecule has 0 bridgehead atoms. The van der Waals surface area contributed by atoms with Crippen molar-refractivity contribution in [3.63, 3.8) is 0 Å². The smallest absolute Gasteiger partial charge is 0.0426 e. The molecule has 0 aliphatic carbocycles. The summed E-state index contributed by atoms with van der Waals surface area (Å²) in [4.78, 5) is 0. The quantitative estimate of drug-likeness (QED) is 0.841. The maximum atomic E-state index is 5.99. The van der Waals surface area contributed by atoms with E-state index in [0.717, 1.165) is 5.02 Å². The molecule has 1 aliphatic rings. The van der Waals surface area contributed by atoms with E-state index in [9.17, 15) is 0 Å². The van der Waals surface area contributed by atoms with E-state index in [1.807, 2.05) is 23.9 Å². The van der Waals surface area contributed by atoms with E-state index < -0.39 is 0 Å². The average Bonchev–Trinajstić information content (AvgIpc) is 2.25. The molecule has 0 aromatic heterocycles. The number of aryl methyl sites for hydroxylation is 1. The van der Waals surface area contributed by atoms with E-state index in [1.165, 1.54) is 35.6 Å². The summed E-state index contributed by atoms with van der Waals surface area (Å²) in [5, 5.41) is 4.40. The van der Waals surface area contributed by atoms with Crippen LogP contribution in [0.3, 0.4) is 0 Å². The van der Waals surface area contributed by atoms with Crippen molar-refractivity contribution in [1.29, 1.82) is 0 Å². The zero-order valence-corrected chi connectivity index (χ0v) is 10.5. The molecule has 2 rings (SSSR count). The van der Waals surface area contributed by atoms with Crippen LogP contribution in [-0.4, -0.2) is 17.5 Å². The van der Waals surface area contributed by atoms with Crippen LogP contribution < -0.4 is 5.32 Å². The zero-order valence-electron chi connectivity index (χ0n) is 8.92. The Bertz CT molecular complexity index is 334. The fourth-order valence-electron chi connectivity index (χ4n) is 1.82. The molecule has 1 saturated heterocycles. The van der Waals surface area contributed by atoms with Crippen molar-refractivity contribution < 1.29 is 0 Å². The van der Waals surface area contributed by atoms with Gasteiger partial charge in [0, 0.05) is 22.5 Å². The van der Waals surface area contributed by atoms with Gasteiger partial charge in [-0.2, -0.15) is 11.8 Å². The van der Waals surface area contributed by atoms with Crippen LogP contribution in [0, 0.1) is 6.92 Å². The van der Waals surface area contributed by atoms with Crippen LogP contribution in [0.15, 0.2) is 18.2 Å². The average molecular weight is 242 g/mol. The SMILES string of the molecule is Cc1ccc(Cl)cc1N[C@H]1CCCSC1. The van der Waals surface area contributed by atoms with Crippen LogP contribution in [0.2, 0.25) is 5.02 Å². The van der Waals surface area contributed by atoms with E-state index in [1.54, 1.807) is 0 Å². The summed E-state index contributed by atoms with van der Waals surface area (Å²) >= 11 is 8.03. The van der Waals surface area contributed by atoms with Gasteiger partial charge in [-0.25, -0.2) is 0 Å². The highest BCUT2D eigenvalue weighted by atomic mass is 35.5. The molecular formula is C12H16ClNS. The first-order valence-electron chi connectivity index (χ1n) is 5.36. The molecule has 0 radical (unpaired) electrons. The van der Waals surface area contributed by atoms with Gasteiger partial charge in [0.25, 0.3) is 0 Å². The maximum Gasteiger partial charge on any atom is 0.0426 e. The summed E-state index contributed by atoms with van der Waals surface area (Å²) < 4.78 is 0. The van der Waals surface area contributed by atoms with E-state index in [2.05, 4.69) is 18.3 Å². The molecule has 0 amide bonds. The lowest BCUT2D eigenvalue weighted by atomic mass is 10.1. The van der Waals surface area contributed by atoms with Crippen LogP contribution in [0.5, 0.6) is 0 Å². The van der Waals surface area contributed by atoms with E-state index in [-0.39, 0.29) is 0 Å². The van der Waals surface area contributed by atoms with Gasteiger partial charge in [0.2, 0.25) is 0 Å². The van der Waals surface area contributed by atoms with Crippen LogP contribution >= 0.6 is 23.4 Å². The van der Waals surface area contributed by atoms with Crippen molar-refractivity contribution in [2.45, 2.75) is 25.8 Å². The molecule has 0 saturated carbocycles. The lowest BCUT2D eigenvalue weighted by Crippen LogP contribution is -2.26. The normalized spacial score (nSPS) is 21.3. The number of nitrogens with one attached hydrogen (secondary N) is 1. The molecule has 1 atom stereocenters. The van der Waals surface area contributed by atoms with Crippen molar-refractivity contribution in [2.24, 2.45) is 0 Å². The van der Waals surface area contributed by atoms with Crippen molar-refractivity contribution in [3.05, 3.63) is 28.8 Å². The third-order valence-electron chi connectivity index (χ3n) is 2.72. The van der Waals surface area contributed by atoms with Gasteiger partial charge in [-0.15, -0.1) is 0 Å². The number of anilines is 1. The third kappa shape index (κ3) is 3.05. The van der Waals surface area contributed by atoms with E-state index in [4.69, 9.17) is 11.6 Å². The number of hydrogen-bond donors (Lipinski definition) is 1. The Morgan fingerprint density at radius 2 is 2.33 bits per heavy atom. The lowest BCUT2D eigenvalue weighted by molar-refractivity contribution is 0.684. The lowest BCUT2D eigenvalue weighted by Gasteiger charge is -2.24. The minimum absolute atomic E-state index is 0.612. The Morgan fingerprint density at radius 1 is 1.47 bits per heavy atom. The Kier molecular flexibility index (Phi) is 3.81. The predicted molar refractivity (Wildman–Crippen MR) is 70.2 cm³/mol. The summed E-state index contributed by atoms with van der Waals surface area (Å²) in [6.45, 7) is 2.12. The molecule has 1 nitrogen and oxygen atoms in total. The van der Waals surface area contributed by atoms with Crippen LogP contribution in [0.4, 0.5) is 5.69 Å². The molecule has 15 heavy (non-hydrogen) atoms. The topological polar surface area (TPSA) is 12.0 Å². The fourth-order valence-corrected chi connectivity index (χ4v) is 3.07. The highest BCUT2D eigenvalue weighted by Gasteiger charge is 2.13. The van der Waals surface area contributed by atoms with Gasteiger partial charge in [0.1, 0.15) is 0 Å². The Morgan fingerprint density at radius 3 is 3.07 bits per heavy atom. The molecule has 1 fully saturated rings. The summed E-state index contributed by atoms with van der Waals surface area (Å²) in [7, 11) is 0. The van der Waals surface area contributed by atoms with E-state index >= 15 is 0 Å². The number of thioether (sulfide) groups is 1. The monoisotopic (exact) mass is 241 g/mol.